The van der Waals surface area contributed by atoms with Gasteiger partial charge in [0.25, 0.3) is 11.8 Å². The average molecular weight is 405 g/mol. The van der Waals surface area contributed by atoms with E-state index in [1.165, 1.54) is 7.11 Å². The highest BCUT2D eigenvalue weighted by Gasteiger charge is 2.39. The highest BCUT2D eigenvalue weighted by Crippen LogP contribution is 2.35. The number of imide groups is 1. The SMILES string of the molecule is COc1cc(Cl)c(C)cc1NC1=C(Cl)C(=O)N(c2ccc(C)c(C)c2)C1=O. The zero-order valence-corrected chi connectivity index (χ0v) is 16.8. The Bertz CT molecular complexity index is 999. The van der Waals surface area contributed by atoms with Crippen LogP contribution >= 0.6 is 23.2 Å². The van der Waals surface area contributed by atoms with E-state index in [9.17, 15) is 9.59 Å². The third kappa shape index (κ3) is 3.40. The number of halogens is 2. The minimum Gasteiger partial charge on any atom is -0.495 e. The van der Waals surface area contributed by atoms with Crippen LogP contribution in [0, 0.1) is 20.8 Å². The normalized spacial score (nSPS) is 14.2. The van der Waals surface area contributed by atoms with Crippen LogP contribution in [0.3, 0.4) is 0 Å². The summed E-state index contributed by atoms with van der Waals surface area (Å²) in [4.78, 5) is 26.6. The number of hydrogen-bond donors (Lipinski definition) is 1. The number of hydrogen-bond acceptors (Lipinski definition) is 4. The van der Waals surface area contributed by atoms with Crippen molar-refractivity contribution in [2.24, 2.45) is 0 Å². The van der Waals surface area contributed by atoms with Crippen LogP contribution in [-0.4, -0.2) is 18.9 Å². The lowest BCUT2D eigenvalue weighted by Gasteiger charge is -2.17. The number of amides is 2. The summed E-state index contributed by atoms with van der Waals surface area (Å²) in [6.45, 7) is 5.70. The van der Waals surface area contributed by atoms with Crippen molar-refractivity contribution in [2.75, 3.05) is 17.3 Å². The lowest BCUT2D eigenvalue weighted by atomic mass is 10.1. The molecular weight excluding hydrogens is 387 g/mol. The number of carbonyl (C=O) groups excluding carboxylic acids is 2. The molecule has 7 heteroatoms. The number of methoxy groups -OCH3 is 1. The zero-order valence-electron chi connectivity index (χ0n) is 15.3. The van der Waals surface area contributed by atoms with Crippen LogP contribution in [0.25, 0.3) is 0 Å². The van der Waals surface area contributed by atoms with Gasteiger partial charge in [0.2, 0.25) is 0 Å². The number of anilines is 2. The van der Waals surface area contributed by atoms with Crippen LogP contribution in [0.5, 0.6) is 5.75 Å². The largest absolute Gasteiger partial charge is 0.495 e. The zero-order chi connectivity index (χ0) is 19.9. The highest BCUT2D eigenvalue weighted by atomic mass is 35.5. The second kappa shape index (κ2) is 7.25. The van der Waals surface area contributed by atoms with E-state index in [0.29, 0.717) is 22.1 Å². The van der Waals surface area contributed by atoms with Crippen molar-refractivity contribution < 1.29 is 14.3 Å². The fraction of sp³-hybridized carbons (Fsp3) is 0.200. The van der Waals surface area contributed by atoms with E-state index >= 15 is 0 Å². The summed E-state index contributed by atoms with van der Waals surface area (Å²) in [6, 6.07) is 8.73. The van der Waals surface area contributed by atoms with Gasteiger partial charge in [-0.2, -0.15) is 0 Å². The molecule has 0 fully saturated rings. The lowest BCUT2D eigenvalue weighted by molar-refractivity contribution is -0.120. The van der Waals surface area contributed by atoms with Crippen molar-refractivity contribution >= 4 is 46.4 Å². The van der Waals surface area contributed by atoms with Gasteiger partial charge in [0, 0.05) is 11.1 Å². The van der Waals surface area contributed by atoms with Crippen molar-refractivity contribution in [2.45, 2.75) is 20.8 Å². The minimum atomic E-state index is -0.572. The van der Waals surface area contributed by atoms with Gasteiger partial charge in [0.15, 0.2) is 0 Å². The molecule has 2 aromatic carbocycles. The molecule has 0 saturated carbocycles. The molecule has 0 aromatic heterocycles. The molecule has 0 aliphatic carbocycles. The first kappa shape index (κ1) is 19.3. The van der Waals surface area contributed by atoms with E-state index in [4.69, 9.17) is 27.9 Å². The third-order valence-corrected chi connectivity index (χ3v) is 5.27. The van der Waals surface area contributed by atoms with Crippen LogP contribution in [0.2, 0.25) is 5.02 Å². The summed E-state index contributed by atoms with van der Waals surface area (Å²) in [7, 11) is 1.49. The molecule has 0 bridgehead atoms. The number of nitrogens with zero attached hydrogens (tertiary/aromatic N) is 1. The first-order chi connectivity index (χ1) is 12.7. The molecule has 3 rings (SSSR count). The molecule has 27 heavy (non-hydrogen) atoms. The van der Waals surface area contributed by atoms with Gasteiger partial charge < -0.3 is 10.1 Å². The smallest absolute Gasteiger partial charge is 0.283 e. The van der Waals surface area contributed by atoms with Gasteiger partial charge >= 0.3 is 0 Å². The molecule has 2 amide bonds. The predicted molar refractivity (Wildman–Crippen MR) is 108 cm³/mol. The molecule has 0 atom stereocenters. The Morgan fingerprint density at radius 2 is 1.63 bits per heavy atom. The molecule has 1 N–H and O–H groups in total. The maximum Gasteiger partial charge on any atom is 0.283 e. The van der Waals surface area contributed by atoms with Gasteiger partial charge in [-0.05, 0) is 55.7 Å². The molecule has 140 valence electrons. The molecule has 1 aliphatic rings. The van der Waals surface area contributed by atoms with Crippen LogP contribution < -0.4 is 15.0 Å². The number of nitrogens with one attached hydrogen (secondary N) is 1. The topological polar surface area (TPSA) is 58.6 Å². The maximum atomic E-state index is 12.9. The Hall–Kier alpha value is -2.50. The first-order valence-corrected chi connectivity index (χ1v) is 8.97. The fourth-order valence-corrected chi connectivity index (χ4v) is 3.14. The molecular formula is C20H18Cl2N2O3. The van der Waals surface area contributed by atoms with E-state index in [-0.39, 0.29) is 10.7 Å². The van der Waals surface area contributed by atoms with Gasteiger partial charge in [-0.3, -0.25) is 9.59 Å². The number of carbonyl (C=O) groups is 2. The van der Waals surface area contributed by atoms with Crippen LogP contribution in [0.15, 0.2) is 41.1 Å². The van der Waals surface area contributed by atoms with Crippen molar-refractivity contribution in [1.82, 2.24) is 0 Å². The first-order valence-electron chi connectivity index (χ1n) is 8.21. The monoisotopic (exact) mass is 404 g/mol. The quantitative estimate of drug-likeness (QED) is 0.749. The molecule has 1 heterocycles. The van der Waals surface area contributed by atoms with E-state index in [0.717, 1.165) is 21.6 Å². The van der Waals surface area contributed by atoms with Gasteiger partial charge in [-0.25, -0.2) is 4.90 Å². The molecule has 0 spiro atoms. The molecule has 1 aliphatic heterocycles. The molecule has 0 unspecified atom stereocenters. The molecule has 0 radical (unpaired) electrons. The Morgan fingerprint density at radius 1 is 0.926 bits per heavy atom. The Labute approximate surface area is 167 Å². The van der Waals surface area contributed by atoms with Crippen molar-refractivity contribution in [1.29, 1.82) is 0 Å². The van der Waals surface area contributed by atoms with Crippen molar-refractivity contribution in [3.05, 3.63) is 62.8 Å². The molecule has 5 nitrogen and oxygen atoms in total. The van der Waals surface area contributed by atoms with Crippen LogP contribution in [0.1, 0.15) is 16.7 Å². The lowest BCUT2D eigenvalue weighted by Crippen LogP contribution is -2.32. The second-order valence-corrected chi connectivity index (χ2v) is 7.12. The van der Waals surface area contributed by atoms with E-state index in [1.54, 1.807) is 24.3 Å². The summed E-state index contributed by atoms with van der Waals surface area (Å²) in [5.74, 6) is -0.660. The minimum absolute atomic E-state index is 0.0000767. The Kier molecular flexibility index (Phi) is 5.18. The third-order valence-electron chi connectivity index (χ3n) is 4.52. The van der Waals surface area contributed by atoms with E-state index < -0.39 is 11.8 Å². The Morgan fingerprint density at radius 3 is 2.26 bits per heavy atom. The number of rotatable bonds is 4. The number of aryl methyl sites for hydroxylation is 3. The van der Waals surface area contributed by atoms with Gasteiger partial charge in [-0.15, -0.1) is 0 Å². The summed E-state index contributed by atoms with van der Waals surface area (Å²) >= 11 is 12.3. The fourth-order valence-electron chi connectivity index (χ4n) is 2.78. The van der Waals surface area contributed by atoms with Crippen LogP contribution in [-0.2, 0) is 9.59 Å². The average Bonchev–Trinajstić information content (AvgIpc) is 2.84. The molecule has 2 aromatic rings. The summed E-state index contributed by atoms with van der Waals surface area (Å²) in [5.41, 5.74) is 3.80. The highest BCUT2D eigenvalue weighted by molar-refractivity contribution is 6.53. The van der Waals surface area contributed by atoms with E-state index in [2.05, 4.69) is 5.32 Å². The molecule has 0 saturated heterocycles. The van der Waals surface area contributed by atoms with Gasteiger partial charge in [-0.1, -0.05) is 29.3 Å². The summed E-state index contributed by atoms with van der Waals surface area (Å²) in [5, 5.41) is 3.29. The van der Waals surface area contributed by atoms with Gasteiger partial charge in [0.05, 0.1) is 18.5 Å². The van der Waals surface area contributed by atoms with Crippen molar-refractivity contribution in [3.8, 4) is 5.75 Å². The van der Waals surface area contributed by atoms with Gasteiger partial charge in [0.1, 0.15) is 16.5 Å². The second-order valence-electron chi connectivity index (χ2n) is 6.33. The standard InChI is InChI=1S/C20H18Cl2N2O3/c1-10-5-6-13(7-11(10)2)24-19(25)17(22)18(20(24)26)23-15-8-12(3)14(21)9-16(15)27-4/h5-9,23H,1-4H3. The number of ether oxygens (including phenoxy) is 1. The van der Waals surface area contributed by atoms with E-state index in [1.807, 2.05) is 26.8 Å². The number of benzene rings is 2. The summed E-state index contributed by atoms with van der Waals surface area (Å²) in [6.07, 6.45) is 0. The predicted octanol–water partition coefficient (Wildman–Crippen LogP) is 4.71. The van der Waals surface area contributed by atoms with Crippen molar-refractivity contribution in [3.63, 3.8) is 0 Å². The van der Waals surface area contributed by atoms with Crippen LogP contribution in [0.4, 0.5) is 11.4 Å². The Balaban J connectivity index is 1.98. The maximum absolute atomic E-state index is 12.9. The summed E-state index contributed by atoms with van der Waals surface area (Å²) < 4.78 is 5.31.